The van der Waals surface area contributed by atoms with E-state index in [1.807, 2.05) is 18.3 Å². The molecule has 0 aliphatic rings. The van der Waals surface area contributed by atoms with Crippen LogP contribution in [0.2, 0.25) is 0 Å². The van der Waals surface area contributed by atoms with Gasteiger partial charge in [-0.15, -0.1) is 40.4 Å². The summed E-state index contributed by atoms with van der Waals surface area (Å²) in [5.74, 6) is 1.74. The molecule has 0 aliphatic heterocycles. The maximum Gasteiger partial charge on any atom is 2.00 e. The number of para-hydroxylation sites is 4. The summed E-state index contributed by atoms with van der Waals surface area (Å²) in [7, 11) is -1.03. The fourth-order valence-corrected chi connectivity index (χ4v) is 14.3. The molecule has 12 aromatic rings. The molecular formula is C55H37N5PtSi. The zero-order chi connectivity index (χ0) is 40.5. The number of nitrogens with zero attached hydrogens (tertiary/aromatic N) is 5. The summed E-state index contributed by atoms with van der Waals surface area (Å²) in [6, 6.07) is 80.1. The van der Waals surface area contributed by atoms with Crippen molar-refractivity contribution in [1.82, 2.24) is 23.7 Å². The van der Waals surface area contributed by atoms with Crippen LogP contribution in [0.3, 0.4) is 0 Å². The van der Waals surface area contributed by atoms with E-state index < -0.39 is 8.07 Å². The molecule has 0 amide bonds. The molecule has 0 saturated carbocycles. The van der Waals surface area contributed by atoms with Gasteiger partial charge in [0, 0.05) is 35.2 Å². The van der Waals surface area contributed by atoms with Gasteiger partial charge < -0.3 is 13.7 Å². The zero-order valence-electron chi connectivity index (χ0n) is 33.7. The van der Waals surface area contributed by atoms with Crippen LogP contribution < -0.4 is 20.7 Å². The minimum absolute atomic E-state index is 0. The Bertz CT molecular complexity index is 3560. The van der Waals surface area contributed by atoms with Gasteiger partial charge in [0.2, 0.25) is 0 Å². The Morgan fingerprint density at radius 1 is 0.468 bits per heavy atom. The second-order valence-electron chi connectivity index (χ2n) is 15.7. The van der Waals surface area contributed by atoms with E-state index in [9.17, 15) is 0 Å². The van der Waals surface area contributed by atoms with Gasteiger partial charge >= 0.3 is 21.1 Å². The molecule has 0 aliphatic carbocycles. The van der Waals surface area contributed by atoms with Crippen molar-refractivity contribution in [3.05, 3.63) is 219 Å². The first-order valence-corrected chi connectivity index (χ1v) is 22.6. The molecule has 4 heterocycles. The fourth-order valence-electron chi connectivity index (χ4n) is 9.71. The molecule has 12 rings (SSSR count). The number of aromatic nitrogens is 5. The average Bonchev–Trinajstić information content (AvgIpc) is 3.96. The molecule has 0 atom stereocenters. The predicted molar refractivity (Wildman–Crippen MR) is 254 cm³/mol. The van der Waals surface area contributed by atoms with Crippen molar-refractivity contribution in [3.63, 3.8) is 0 Å². The first kappa shape index (κ1) is 37.9. The van der Waals surface area contributed by atoms with Gasteiger partial charge in [0.15, 0.2) is 0 Å². The SMILES string of the molecule is Cn1c(-c2[c-]c([Si](c3[c-]c4c(cc3)c3cc5c6ccccc6n(-c6ccccc6)c5cc3n4-c3ccccn3)(c3ccccc3)c3ccccc3)ccc2)nc2ccccc21.[Pt+2]. The third-order valence-electron chi connectivity index (χ3n) is 12.4. The molecule has 0 fully saturated rings. The topological polar surface area (TPSA) is 40.6 Å². The van der Waals surface area contributed by atoms with E-state index in [1.165, 1.54) is 26.7 Å². The molecule has 0 radical (unpaired) electrons. The number of aryl methyl sites for hydroxylation is 1. The monoisotopic (exact) mass is 990 g/mol. The van der Waals surface area contributed by atoms with Gasteiger partial charge in [-0.2, -0.15) is 23.4 Å². The maximum absolute atomic E-state index is 5.12. The van der Waals surface area contributed by atoms with E-state index in [4.69, 9.17) is 9.97 Å². The van der Waals surface area contributed by atoms with Crippen molar-refractivity contribution >= 4 is 83.5 Å². The minimum atomic E-state index is -3.12. The standard InChI is InChI=1S/C55H37N5Si.Pt/c1-58-50-29-14-12-27-48(50)57-55(58)38-18-17-25-42(34-38)61(40-21-7-3-8-22-40,41-23-9-4-10-24-41)43-31-32-45-47-36-46-44-26-11-13-28-49(44)59(39-19-5-2-6-20-39)52(46)37-53(47)60(51(45)35-43)54-30-15-16-33-56-54;/h2-33,36-37H,1H3;/q-2;+2. The van der Waals surface area contributed by atoms with Gasteiger partial charge in [-0.05, 0) is 64.3 Å². The van der Waals surface area contributed by atoms with Crippen LogP contribution in [0.1, 0.15) is 0 Å². The van der Waals surface area contributed by atoms with E-state index in [2.05, 4.69) is 221 Å². The summed E-state index contributed by atoms with van der Waals surface area (Å²) in [5, 5.41) is 9.51. The van der Waals surface area contributed by atoms with Crippen LogP contribution in [0.4, 0.5) is 0 Å². The first-order valence-electron chi connectivity index (χ1n) is 20.6. The largest absolute Gasteiger partial charge is 2.00 e. The van der Waals surface area contributed by atoms with Crippen LogP contribution in [0, 0.1) is 12.1 Å². The molecule has 5 nitrogen and oxygen atoms in total. The molecule has 62 heavy (non-hydrogen) atoms. The first-order chi connectivity index (χ1) is 30.2. The Kier molecular flexibility index (Phi) is 9.22. The van der Waals surface area contributed by atoms with Gasteiger partial charge in [0.05, 0.1) is 27.9 Å². The summed E-state index contributed by atoms with van der Waals surface area (Å²) < 4.78 is 6.88. The Labute approximate surface area is 374 Å². The minimum Gasteiger partial charge on any atom is -0.367 e. The van der Waals surface area contributed by atoms with Gasteiger partial charge in [0.25, 0.3) is 0 Å². The molecule has 296 valence electrons. The van der Waals surface area contributed by atoms with E-state index >= 15 is 0 Å². The van der Waals surface area contributed by atoms with Crippen molar-refractivity contribution < 1.29 is 21.1 Å². The van der Waals surface area contributed by atoms with Crippen LogP contribution in [0.25, 0.3) is 77.5 Å². The third-order valence-corrected chi connectivity index (χ3v) is 17.0. The number of imidazole rings is 1. The van der Waals surface area contributed by atoms with Crippen molar-refractivity contribution in [1.29, 1.82) is 0 Å². The Balaban J connectivity index is 0.00000432. The van der Waals surface area contributed by atoms with Crippen LogP contribution >= 0.6 is 0 Å². The Hall–Kier alpha value is -7.11. The molecule has 0 bridgehead atoms. The second kappa shape index (κ2) is 15.1. The van der Waals surface area contributed by atoms with E-state index in [-0.39, 0.29) is 21.1 Å². The van der Waals surface area contributed by atoms with Crippen molar-refractivity contribution in [2.24, 2.45) is 7.05 Å². The molecule has 0 saturated heterocycles. The van der Waals surface area contributed by atoms with Crippen LogP contribution in [0.5, 0.6) is 0 Å². The Morgan fingerprint density at radius 2 is 1.10 bits per heavy atom. The van der Waals surface area contributed by atoms with Crippen molar-refractivity contribution in [2.45, 2.75) is 0 Å². The third kappa shape index (κ3) is 5.71. The van der Waals surface area contributed by atoms with Gasteiger partial charge in [-0.3, -0.25) is 4.98 Å². The summed E-state index contributed by atoms with van der Waals surface area (Å²) in [5.41, 5.74) is 8.54. The smallest absolute Gasteiger partial charge is 0.367 e. The molecule has 0 spiro atoms. The number of hydrogen-bond donors (Lipinski definition) is 0. The maximum atomic E-state index is 5.12. The second-order valence-corrected chi connectivity index (χ2v) is 19.4. The zero-order valence-corrected chi connectivity index (χ0v) is 37.0. The number of benzene rings is 8. The summed E-state index contributed by atoms with van der Waals surface area (Å²) in [4.78, 5) is 10.1. The van der Waals surface area contributed by atoms with E-state index in [1.54, 1.807) is 0 Å². The number of hydrogen-bond acceptors (Lipinski definition) is 2. The number of rotatable bonds is 7. The quantitative estimate of drug-likeness (QED) is 0.0908. The van der Waals surface area contributed by atoms with Crippen molar-refractivity contribution in [3.8, 4) is 22.9 Å². The fraction of sp³-hybridized carbons (Fsp3) is 0.0182. The van der Waals surface area contributed by atoms with Crippen LogP contribution in [-0.4, -0.2) is 31.7 Å². The molecule has 7 heteroatoms. The van der Waals surface area contributed by atoms with E-state index in [0.717, 1.165) is 71.6 Å². The molecule has 0 unspecified atom stereocenters. The molecule has 4 aromatic heterocycles. The van der Waals surface area contributed by atoms with Crippen molar-refractivity contribution in [2.75, 3.05) is 0 Å². The molecule has 0 N–H and O–H groups in total. The van der Waals surface area contributed by atoms with Gasteiger partial charge in [-0.25, -0.2) is 4.98 Å². The summed E-state index contributed by atoms with van der Waals surface area (Å²) >= 11 is 0. The normalized spacial score (nSPS) is 11.8. The molecule has 8 aromatic carbocycles. The summed E-state index contributed by atoms with van der Waals surface area (Å²) in [6.45, 7) is 0. The number of fused-ring (bicyclic) bond motifs is 7. The van der Waals surface area contributed by atoms with Gasteiger partial charge in [-0.1, -0.05) is 127 Å². The van der Waals surface area contributed by atoms with Crippen LogP contribution in [-0.2, 0) is 28.1 Å². The molecular weight excluding hydrogens is 954 g/mol. The average molecular weight is 991 g/mol. The summed E-state index contributed by atoms with van der Waals surface area (Å²) in [6.07, 6.45) is 1.88. The van der Waals surface area contributed by atoms with Gasteiger partial charge in [0.1, 0.15) is 13.9 Å². The predicted octanol–water partition coefficient (Wildman–Crippen LogP) is 9.80. The van der Waals surface area contributed by atoms with Crippen LogP contribution in [0.15, 0.2) is 206 Å². The number of pyridine rings is 1. The van der Waals surface area contributed by atoms with E-state index in [0.29, 0.717) is 0 Å². The Morgan fingerprint density at radius 3 is 1.82 bits per heavy atom.